The van der Waals surface area contributed by atoms with Crippen LogP contribution in [-0.4, -0.2) is 31.4 Å². The molecule has 0 saturated heterocycles. The van der Waals surface area contributed by atoms with Crippen molar-refractivity contribution in [3.63, 3.8) is 0 Å². The van der Waals surface area contributed by atoms with Crippen LogP contribution >= 0.6 is 0 Å². The molecule has 11 heavy (non-hydrogen) atoms. The van der Waals surface area contributed by atoms with Gasteiger partial charge in [-0.05, 0) is 21.0 Å². The second-order valence-electron chi connectivity index (χ2n) is 2.76. The minimum absolute atomic E-state index is 0.446. The molecule has 64 valence electrons. The summed E-state index contributed by atoms with van der Waals surface area (Å²) >= 11 is 0. The number of hydrogen-bond acceptors (Lipinski definition) is 3. The van der Waals surface area contributed by atoms with E-state index in [1.54, 1.807) is 6.92 Å². The quantitative estimate of drug-likeness (QED) is 0.530. The van der Waals surface area contributed by atoms with Crippen LogP contribution in [0.1, 0.15) is 6.92 Å². The highest BCUT2D eigenvalue weighted by Gasteiger charge is 2.07. The standard InChI is InChI=1S/C7H15N3O/c1-5(8)6(7(9)11)4-10(2)3/h4,8H2,1-3H3,(H2,9,11). The SMILES string of the molecule is CC(N)=C(CN(C)C)C(N)=O. The van der Waals surface area contributed by atoms with Crippen LogP contribution in [0.3, 0.4) is 0 Å². The largest absolute Gasteiger partial charge is 0.402 e. The van der Waals surface area contributed by atoms with Gasteiger partial charge in [-0.25, -0.2) is 0 Å². The summed E-state index contributed by atoms with van der Waals surface area (Å²) in [5, 5.41) is 0. The molecule has 0 aliphatic rings. The summed E-state index contributed by atoms with van der Waals surface area (Å²) in [6.45, 7) is 2.17. The Bertz CT molecular complexity index is 180. The van der Waals surface area contributed by atoms with Crippen LogP contribution in [0.15, 0.2) is 11.3 Å². The second kappa shape index (κ2) is 3.98. The first kappa shape index (κ1) is 9.97. The minimum atomic E-state index is -0.446. The van der Waals surface area contributed by atoms with E-state index in [0.29, 0.717) is 17.8 Å². The molecule has 1 amide bonds. The van der Waals surface area contributed by atoms with Crippen molar-refractivity contribution in [3.8, 4) is 0 Å². The summed E-state index contributed by atoms with van der Waals surface area (Å²) < 4.78 is 0. The average molecular weight is 157 g/mol. The number of likely N-dealkylation sites (N-methyl/N-ethyl adjacent to an activating group) is 1. The first-order valence-corrected chi connectivity index (χ1v) is 3.35. The molecule has 0 aliphatic heterocycles. The normalized spacial score (nSPS) is 13.1. The number of amides is 1. The lowest BCUT2D eigenvalue weighted by molar-refractivity contribution is -0.114. The van der Waals surface area contributed by atoms with E-state index in [4.69, 9.17) is 11.5 Å². The van der Waals surface area contributed by atoms with Crippen molar-refractivity contribution in [2.45, 2.75) is 6.92 Å². The first-order chi connectivity index (χ1) is 4.95. The van der Waals surface area contributed by atoms with Gasteiger partial charge in [-0.1, -0.05) is 0 Å². The molecule has 4 nitrogen and oxygen atoms in total. The average Bonchev–Trinajstić information content (AvgIpc) is 1.81. The Hall–Kier alpha value is -1.03. The zero-order valence-electron chi connectivity index (χ0n) is 7.22. The number of hydrogen-bond donors (Lipinski definition) is 2. The molecule has 0 aliphatic carbocycles. The lowest BCUT2D eigenvalue weighted by Crippen LogP contribution is -2.27. The van der Waals surface area contributed by atoms with Gasteiger partial charge in [0.2, 0.25) is 5.91 Å². The predicted octanol–water partition coefficient (Wildman–Crippen LogP) is -0.734. The van der Waals surface area contributed by atoms with Gasteiger partial charge in [-0.2, -0.15) is 0 Å². The molecule has 0 saturated carbocycles. The summed E-state index contributed by atoms with van der Waals surface area (Å²) in [5.74, 6) is -0.446. The van der Waals surface area contributed by atoms with Crippen molar-refractivity contribution in [3.05, 3.63) is 11.3 Å². The number of primary amides is 1. The first-order valence-electron chi connectivity index (χ1n) is 3.35. The summed E-state index contributed by atoms with van der Waals surface area (Å²) in [4.78, 5) is 12.6. The molecule has 0 aromatic rings. The lowest BCUT2D eigenvalue weighted by Gasteiger charge is -2.11. The number of nitrogens with two attached hydrogens (primary N) is 2. The van der Waals surface area contributed by atoms with Gasteiger partial charge in [-0.15, -0.1) is 0 Å². The van der Waals surface area contributed by atoms with E-state index in [2.05, 4.69) is 0 Å². The number of carbonyl (C=O) groups is 1. The third kappa shape index (κ3) is 3.62. The molecular weight excluding hydrogens is 142 g/mol. The smallest absolute Gasteiger partial charge is 0.247 e. The van der Waals surface area contributed by atoms with E-state index in [0.717, 1.165) is 0 Å². The molecule has 0 atom stereocenters. The fourth-order valence-corrected chi connectivity index (χ4v) is 0.713. The van der Waals surface area contributed by atoms with Crippen molar-refractivity contribution in [1.29, 1.82) is 0 Å². The number of rotatable bonds is 3. The fraction of sp³-hybridized carbons (Fsp3) is 0.571. The van der Waals surface area contributed by atoms with Gasteiger partial charge < -0.3 is 16.4 Å². The van der Waals surface area contributed by atoms with Gasteiger partial charge >= 0.3 is 0 Å². The van der Waals surface area contributed by atoms with Crippen LogP contribution < -0.4 is 11.5 Å². The number of carbonyl (C=O) groups excluding carboxylic acids is 1. The monoisotopic (exact) mass is 157 g/mol. The van der Waals surface area contributed by atoms with Crippen LogP contribution in [0.5, 0.6) is 0 Å². The van der Waals surface area contributed by atoms with E-state index in [1.807, 2.05) is 19.0 Å². The van der Waals surface area contributed by atoms with Crippen LogP contribution in [0.25, 0.3) is 0 Å². The lowest BCUT2D eigenvalue weighted by atomic mass is 10.2. The van der Waals surface area contributed by atoms with Crippen molar-refractivity contribution in [1.82, 2.24) is 4.90 Å². The van der Waals surface area contributed by atoms with E-state index in [9.17, 15) is 4.79 Å². The van der Waals surface area contributed by atoms with Crippen LogP contribution in [-0.2, 0) is 4.79 Å². The Morgan fingerprint density at radius 3 is 1.91 bits per heavy atom. The van der Waals surface area contributed by atoms with E-state index in [-0.39, 0.29) is 0 Å². The third-order valence-electron chi connectivity index (χ3n) is 1.25. The van der Waals surface area contributed by atoms with Gasteiger partial charge in [-0.3, -0.25) is 4.79 Å². The Kier molecular flexibility index (Phi) is 3.60. The Morgan fingerprint density at radius 2 is 1.82 bits per heavy atom. The molecule has 0 spiro atoms. The Balaban J connectivity index is 4.39. The highest BCUT2D eigenvalue weighted by atomic mass is 16.1. The highest BCUT2D eigenvalue weighted by Crippen LogP contribution is 1.98. The summed E-state index contributed by atoms with van der Waals surface area (Å²) in [5.41, 5.74) is 11.5. The molecule has 4 N–H and O–H groups in total. The summed E-state index contributed by atoms with van der Waals surface area (Å²) in [6.07, 6.45) is 0. The fourth-order valence-electron chi connectivity index (χ4n) is 0.713. The third-order valence-corrected chi connectivity index (χ3v) is 1.25. The van der Waals surface area contributed by atoms with Crippen molar-refractivity contribution in [2.24, 2.45) is 11.5 Å². The van der Waals surface area contributed by atoms with Gasteiger partial charge in [0.05, 0.1) is 0 Å². The molecule has 0 bridgehead atoms. The molecule has 0 rings (SSSR count). The maximum atomic E-state index is 10.7. The molecule has 4 heteroatoms. The van der Waals surface area contributed by atoms with Crippen LogP contribution in [0, 0.1) is 0 Å². The molecule has 0 unspecified atom stereocenters. The van der Waals surface area contributed by atoms with Gasteiger partial charge in [0, 0.05) is 17.8 Å². The zero-order chi connectivity index (χ0) is 9.02. The van der Waals surface area contributed by atoms with Crippen LogP contribution in [0.2, 0.25) is 0 Å². The second-order valence-corrected chi connectivity index (χ2v) is 2.76. The molecule has 0 radical (unpaired) electrons. The highest BCUT2D eigenvalue weighted by molar-refractivity contribution is 5.92. The number of nitrogens with zero attached hydrogens (tertiary/aromatic N) is 1. The molecular formula is C7H15N3O. The van der Waals surface area contributed by atoms with Crippen molar-refractivity contribution in [2.75, 3.05) is 20.6 Å². The topological polar surface area (TPSA) is 72.3 Å². The van der Waals surface area contributed by atoms with Crippen molar-refractivity contribution < 1.29 is 4.79 Å². The van der Waals surface area contributed by atoms with E-state index in [1.165, 1.54) is 0 Å². The van der Waals surface area contributed by atoms with Crippen molar-refractivity contribution >= 4 is 5.91 Å². The maximum absolute atomic E-state index is 10.7. The van der Waals surface area contributed by atoms with Gasteiger partial charge in [0.15, 0.2) is 0 Å². The predicted molar refractivity (Wildman–Crippen MR) is 44.6 cm³/mol. The van der Waals surface area contributed by atoms with Crippen LogP contribution in [0.4, 0.5) is 0 Å². The van der Waals surface area contributed by atoms with Gasteiger partial charge in [0.25, 0.3) is 0 Å². The molecule has 0 fully saturated rings. The summed E-state index contributed by atoms with van der Waals surface area (Å²) in [7, 11) is 3.71. The molecule has 0 aromatic carbocycles. The number of allylic oxidation sites excluding steroid dienone is 1. The van der Waals surface area contributed by atoms with Gasteiger partial charge in [0.1, 0.15) is 0 Å². The Morgan fingerprint density at radius 1 is 1.36 bits per heavy atom. The minimum Gasteiger partial charge on any atom is -0.402 e. The molecule has 0 heterocycles. The maximum Gasteiger partial charge on any atom is 0.247 e. The zero-order valence-corrected chi connectivity index (χ0v) is 7.22. The Labute approximate surface area is 66.8 Å². The van der Waals surface area contributed by atoms with E-state index < -0.39 is 5.91 Å². The summed E-state index contributed by atoms with van der Waals surface area (Å²) in [6, 6.07) is 0. The van der Waals surface area contributed by atoms with E-state index >= 15 is 0 Å². The molecule has 0 aromatic heterocycles.